The van der Waals surface area contributed by atoms with Gasteiger partial charge in [0.05, 0.1) is 6.20 Å². The smallest absolute Gasteiger partial charge is 0.394 e. The predicted molar refractivity (Wildman–Crippen MR) is 44.4 cm³/mol. The van der Waals surface area contributed by atoms with Crippen molar-refractivity contribution in [2.45, 2.75) is 0 Å². The predicted octanol–water partition coefficient (Wildman–Crippen LogP) is 1.11. The molecule has 0 spiro atoms. The number of halogens is 2. The van der Waals surface area contributed by atoms with Crippen molar-refractivity contribution in [1.29, 1.82) is 0 Å². The van der Waals surface area contributed by atoms with Crippen LogP contribution in [0.25, 0.3) is 11.5 Å². The summed E-state index contributed by atoms with van der Waals surface area (Å²) in [4.78, 5) is 17.2. The highest BCUT2D eigenvalue weighted by Crippen LogP contribution is 2.17. The van der Waals surface area contributed by atoms with Gasteiger partial charge >= 0.3 is 11.9 Å². The Morgan fingerprint density at radius 3 is 2.75 bits per heavy atom. The molecule has 0 aliphatic rings. The van der Waals surface area contributed by atoms with Crippen LogP contribution in [0.3, 0.4) is 0 Å². The molecule has 0 saturated carbocycles. The Kier molecular flexibility index (Phi) is 2.31. The Balaban J connectivity index is 2.46. The van der Waals surface area contributed by atoms with Crippen molar-refractivity contribution >= 4 is 5.97 Å². The molecule has 0 unspecified atom stereocenters. The molecule has 16 heavy (non-hydrogen) atoms. The first-order valence-corrected chi connectivity index (χ1v) is 3.96. The SMILES string of the molecule is O=C(O)c1nc(-c2ncc(F)cc2F)no1. The number of hydrogen-bond acceptors (Lipinski definition) is 5. The third kappa shape index (κ3) is 1.72. The average Bonchev–Trinajstić information content (AvgIpc) is 2.66. The van der Waals surface area contributed by atoms with E-state index in [1.54, 1.807) is 0 Å². The molecular weight excluding hydrogens is 224 g/mol. The van der Waals surface area contributed by atoms with Gasteiger partial charge in [0.1, 0.15) is 11.5 Å². The fraction of sp³-hybridized carbons (Fsp3) is 0. The van der Waals surface area contributed by atoms with Crippen molar-refractivity contribution in [3.63, 3.8) is 0 Å². The van der Waals surface area contributed by atoms with E-state index in [-0.39, 0.29) is 11.5 Å². The van der Waals surface area contributed by atoms with E-state index in [2.05, 4.69) is 19.6 Å². The first-order chi connectivity index (χ1) is 7.58. The summed E-state index contributed by atoms with van der Waals surface area (Å²) in [6.07, 6.45) is 0.759. The number of carboxylic acids is 1. The maximum Gasteiger partial charge on any atom is 0.394 e. The lowest BCUT2D eigenvalue weighted by atomic mass is 10.3. The molecule has 8 heteroatoms. The van der Waals surface area contributed by atoms with Gasteiger partial charge in [-0.2, -0.15) is 4.98 Å². The zero-order valence-electron chi connectivity index (χ0n) is 7.52. The second kappa shape index (κ2) is 3.65. The van der Waals surface area contributed by atoms with Crippen LogP contribution in [-0.2, 0) is 0 Å². The van der Waals surface area contributed by atoms with Crippen LogP contribution in [0.2, 0.25) is 0 Å². The fourth-order valence-electron chi connectivity index (χ4n) is 0.986. The zero-order chi connectivity index (χ0) is 11.7. The van der Waals surface area contributed by atoms with E-state index < -0.39 is 23.5 Å². The molecule has 0 aliphatic carbocycles. The number of carbonyl (C=O) groups is 1. The molecule has 0 aromatic carbocycles. The second-order valence-electron chi connectivity index (χ2n) is 2.71. The molecule has 2 aromatic rings. The number of rotatable bonds is 2. The van der Waals surface area contributed by atoms with Crippen LogP contribution in [0.5, 0.6) is 0 Å². The van der Waals surface area contributed by atoms with Gasteiger partial charge in [0.25, 0.3) is 0 Å². The first-order valence-electron chi connectivity index (χ1n) is 3.96. The number of carboxylic acid groups (broad SMARTS) is 1. The molecule has 2 aromatic heterocycles. The molecule has 0 radical (unpaired) electrons. The van der Waals surface area contributed by atoms with Crippen molar-refractivity contribution < 1.29 is 23.2 Å². The maximum atomic E-state index is 13.2. The van der Waals surface area contributed by atoms with Crippen LogP contribution in [-0.4, -0.2) is 26.2 Å². The summed E-state index contributed by atoms with van der Waals surface area (Å²) in [5.74, 6) is -4.35. The van der Waals surface area contributed by atoms with Gasteiger partial charge in [0.15, 0.2) is 5.82 Å². The lowest BCUT2D eigenvalue weighted by Crippen LogP contribution is -1.97. The Labute approximate surface area is 86.5 Å². The number of aromatic nitrogens is 3. The molecule has 82 valence electrons. The van der Waals surface area contributed by atoms with Gasteiger partial charge in [-0.05, 0) is 0 Å². The molecule has 0 aliphatic heterocycles. The highest BCUT2D eigenvalue weighted by atomic mass is 19.1. The molecule has 2 heterocycles. The highest BCUT2D eigenvalue weighted by Gasteiger charge is 2.18. The van der Waals surface area contributed by atoms with Gasteiger partial charge in [-0.3, -0.25) is 0 Å². The summed E-state index contributed by atoms with van der Waals surface area (Å²) in [5, 5.41) is 11.7. The third-order valence-corrected chi connectivity index (χ3v) is 1.63. The van der Waals surface area contributed by atoms with E-state index >= 15 is 0 Å². The van der Waals surface area contributed by atoms with Crippen LogP contribution < -0.4 is 0 Å². The van der Waals surface area contributed by atoms with Crippen LogP contribution >= 0.6 is 0 Å². The van der Waals surface area contributed by atoms with Crippen molar-refractivity contribution in [1.82, 2.24) is 15.1 Å². The highest BCUT2D eigenvalue weighted by molar-refractivity contribution is 5.82. The van der Waals surface area contributed by atoms with E-state index in [1.807, 2.05) is 0 Å². The molecule has 6 nitrogen and oxygen atoms in total. The summed E-state index contributed by atoms with van der Waals surface area (Å²) in [5.41, 5.74) is -0.377. The third-order valence-electron chi connectivity index (χ3n) is 1.63. The van der Waals surface area contributed by atoms with Crippen molar-refractivity contribution in [2.24, 2.45) is 0 Å². The van der Waals surface area contributed by atoms with Crippen molar-refractivity contribution in [2.75, 3.05) is 0 Å². The normalized spacial score (nSPS) is 10.4. The van der Waals surface area contributed by atoms with Gasteiger partial charge in [-0.25, -0.2) is 18.6 Å². The number of nitrogens with zero attached hydrogens (tertiary/aromatic N) is 3. The summed E-state index contributed by atoms with van der Waals surface area (Å²) in [7, 11) is 0. The lowest BCUT2D eigenvalue weighted by Gasteiger charge is -1.94. The largest absolute Gasteiger partial charge is 0.474 e. The van der Waals surface area contributed by atoms with Gasteiger partial charge in [0, 0.05) is 6.07 Å². The fourth-order valence-corrected chi connectivity index (χ4v) is 0.986. The minimum absolute atomic E-state index is 0.352. The Morgan fingerprint density at radius 2 is 2.19 bits per heavy atom. The monoisotopic (exact) mass is 227 g/mol. The van der Waals surface area contributed by atoms with Gasteiger partial charge < -0.3 is 9.63 Å². The van der Waals surface area contributed by atoms with Crippen LogP contribution in [0.1, 0.15) is 10.7 Å². The molecule has 0 bridgehead atoms. The van der Waals surface area contributed by atoms with Crippen LogP contribution in [0.15, 0.2) is 16.8 Å². The van der Waals surface area contributed by atoms with E-state index in [4.69, 9.17) is 5.11 Å². The van der Waals surface area contributed by atoms with Gasteiger partial charge in [-0.15, -0.1) is 0 Å². The summed E-state index contributed by atoms with van der Waals surface area (Å²) < 4.78 is 30.0. The van der Waals surface area contributed by atoms with E-state index in [0.29, 0.717) is 6.07 Å². The standard InChI is InChI=1S/C8H3F2N3O3/c9-3-1-4(10)5(11-2-3)6-12-7(8(14)15)16-13-6/h1-2H,(H,14,15). The molecule has 1 N–H and O–H groups in total. The van der Waals surface area contributed by atoms with E-state index in [1.165, 1.54) is 0 Å². The maximum absolute atomic E-state index is 13.2. The summed E-state index contributed by atoms with van der Waals surface area (Å²) in [6, 6.07) is 0.582. The van der Waals surface area contributed by atoms with Gasteiger partial charge in [0.2, 0.25) is 5.82 Å². The molecular formula is C8H3F2N3O3. The Bertz CT molecular complexity index is 555. The average molecular weight is 227 g/mol. The van der Waals surface area contributed by atoms with Gasteiger partial charge in [-0.1, -0.05) is 5.16 Å². The van der Waals surface area contributed by atoms with E-state index in [0.717, 1.165) is 6.20 Å². The molecule has 0 amide bonds. The zero-order valence-corrected chi connectivity index (χ0v) is 7.52. The second-order valence-corrected chi connectivity index (χ2v) is 2.71. The lowest BCUT2D eigenvalue weighted by molar-refractivity contribution is 0.0643. The molecule has 0 fully saturated rings. The number of hydrogen-bond donors (Lipinski definition) is 1. The van der Waals surface area contributed by atoms with Crippen molar-refractivity contribution in [3.05, 3.63) is 29.8 Å². The van der Waals surface area contributed by atoms with Crippen LogP contribution in [0.4, 0.5) is 8.78 Å². The Hall–Kier alpha value is -2.38. The molecule has 0 atom stereocenters. The molecule has 0 saturated heterocycles. The summed E-state index contributed by atoms with van der Waals surface area (Å²) >= 11 is 0. The quantitative estimate of drug-likeness (QED) is 0.826. The minimum atomic E-state index is -1.44. The Morgan fingerprint density at radius 1 is 1.44 bits per heavy atom. The molecule has 2 rings (SSSR count). The topological polar surface area (TPSA) is 89.1 Å². The van der Waals surface area contributed by atoms with E-state index in [9.17, 15) is 13.6 Å². The minimum Gasteiger partial charge on any atom is -0.474 e. The van der Waals surface area contributed by atoms with Crippen molar-refractivity contribution in [3.8, 4) is 11.5 Å². The van der Waals surface area contributed by atoms with Crippen LogP contribution in [0, 0.1) is 11.6 Å². The first kappa shape index (κ1) is 10.1. The number of pyridine rings is 1. The summed E-state index contributed by atoms with van der Waals surface area (Å²) in [6.45, 7) is 0. The number of aromatic carboxylic acids is 1.